The van der Waals surface area contributed by atoms with Gasteiger partial charge in [-0.25, -0.2) is 9.28 Å². The second-order valence-corrected chi connectivity index (χ2v) is 11.2. The number of fused-ring (bicyclic) bond motifs is 1. The summed E-state index contributed by atoms with van der Waals surface area (Å²) in [6, 6.07) is -3.35. The SMILES string of the molecule is C[N+]1(C(=O)[C@@H](O)CCN)C2CC(N)C(OC3OC(CN)CCC3N)C(O)[C@]21OC1OC(CO)C(O)C(N)C1O. The van der Waals surface area contributed by atoms with Crippen molar-refractivity contribution in [3.05, 3.63) is 0 Å². The van der Waals surface area contributed by atoms with E-state index >= 15 is 0 Å². The summed E-state index contributed by atoms with van der Waals surface area (Å²) in [6.45, 7) is -0.344. The number of aliphatic hydroxyl groups excluding tert-OH is 5. The van der Waals surface area contributed by atoms with E-state index in [1.165, 1.54) is 7.05 Å². The molecule has 15 N–H and O–H groups in total. The molecular weight excluding hydrogens is 520 g/mol. The Kier molecular flexibility index (Phi) is 9.34. The molecule has 226 valence electrons. The topological polar surface area (TPSA) is 285 Å². The van der Waals surface area contributed by atoms with Gasteiger partial charge in [-0.15, -0.1) is 0 Å². The predicted molar refractivity (Wildman–Crippen MR) is 133 cm³/mol. The summed E-state index contributed by atoms with van der Waals surface area (Å²) in [6.07, 6.45) is -9.88. The van der Waals surface area contributed by atoms with E-state index in [-0.39, 0.29) is 32.0 Å². The molecule has 0 bridgehead atoms. The van der Waals surface area contributed by atoms with Crippen molar-refractivity contribution in [2.45, 2.75) is 111 Å². The highest BCUT2D eigenvalue weighted by Gasteiger charge is 2.90. The molecule has 0 spiro atoms. The van der Waals surface area contributed by atoms with Gasteiger partial charge in [0.05, 0.1) is 31.8 Å². The molecule has 16 heteroatoms. The van der Waals surface area contributed by atoms with E-state index in [9.17, 15) is 30.3 Å². The first-order valence-corrected chi connectivity index (χ1v) is 13.4. The van der Waals surface area contributed by atoms with Crippen LogP contribution >= 0.6 is 0 Å². The van der Waals surface area contributed by atoms with E-state index in [0.29, 0.717) is 12.8 Å². The van der Waals surface area contributed by atoms with Gasteiger partial charge in [0, 0.05) is 19.0 Å². The zero-order valence-corrected chi connectivity index (χ0v) is 22.1. The monoisotopic (exact) mass is 565 g/mol. The third kappa shape index (κ3) is 5.04. The van der Waals surface area contributed by atoms with Crippen LogP contribution in [0.3, 0.4) is 0 Å². The zero-order chi connectivity index (χ0) is 28.9. The number of likely N-dealkylation sites (tertiary alicyclic amines) is 1. The average molecular weight is 566 g/mol. The predicted octanol–water partition coefficient (Wildman–Crippen LogP) is -6.20. The molecule has 3 aliphatic heterocycles. The van der Waals surface area contributed by atoms with Crippen LogP contribution in [0, 0.1) is 0 Å². The number of nitrogens with two attached hydrogens (primary N) is 5. The normalized spacial score (nSPS) is 50.7. The van der Waals surface area contributed by atoms with E-state index in [1.807, 2.05) is 0 Å². The first kappa shape index (κ1) is 31.0. The van der Waals surface area contributed by atoms with E-state index in [1.54, 1.807) is 0 Å². The highest BCUT2D eigenvalue weighted by molar-refractivity contribution is 5.76. The maximum absolute atomic E-state index is 13.6. The lowest BCUT2D eigenvalue weighted by atomic mass is 9.87. The number of carbonyl (C=O) groups is 1. The van der Waals surface area contributed by atoms with Crippen molar-refractivity contribution in [3.63, 3.8) is 0 Å². The van der Waals surface area contributed by atoms with Crippen LogP contribution in [-0.2, 0) is 23.7 Å². The van der Waals surface area contributed by atoms with Crippen LogP contribution in [0.1, 0.15) is 25.7 Å². The highest BCUT2D eigenvalue weighted by atomic mass is 16.7. The number of rotatable bonds is 9. The lowest BCUT2D eigenvalue weighted by molar-refractivity contribution is -0.771. The quantitative estimate of drug-likeness (QED) is 0.0919. The molecule has 1 aliphatic carbocycles. The molecule has 3 saturated heterocycles. The summed E-state index contributed by atoms with van der Waals surface area (Å²) in [5.74, 6) is -0.681. The number of quaternary nitrogens is 1. The molecule has 4 rings (SSSR count). The number of nitrogens with zero attached hydrogens (tertiary/aromatic N) is 1. The number of likely N-dealkylation sites (N-methyl/N-ethyl adjacent to an activating group) is 1. The number of amides is 1. The maximum Gasteiger partial charge on any atom is 0.345 e. The second kappa shape index (κ2) is 11.7. The summed E-state index contributed by atoms with van der Waals surface area (Å²) in [5, 5.41) is 53.1. The molecule has 1 amide bonds. The van der Waals surface area contributed by atoms with Gasteiger partial charge in [0.15, 0.2) is 30.8 Å². The minimum absolute atomic E-state index is 0.0327. The third-order valence-electron chi connectivity index (χ3n) is 8.89. The molecule has 4 aliphatic rings. The molecule has 0 radical (unpaired) electrons. The number of ether oxygens (including phenoxy) is 4. The Balaban J connectivity index is 1.67. The average Bonchev–Trinajstić information content (AvgIpc) is 3.45. The highest BCUT2D eigenvalue weighted by Crippen LogP contribution is 2.60. The maximum atomic E-state index is 13.6. The van der Waals surface area contributed by atoms with E-state index in [0.717, 1.165) is 0 Å². The van der Waals surface area contributed by atoms with Crippen molar-refractivity contribution in [2.24, 2.45) is 28.7 Å². The second-order valence-electron chi connectivity index (χ2n) is 11.2. The molecule has 0 aromatic heterocycles. The zero-order valence-electron chi connectivity index (χ0n) is 22.1. The number of carbonyl (C=O) groups excluding carboxylic acids is 1. The van der Waals surface area contributed by atoms with Crippen molar-refractivity contribution >= 4 is 5.91 Å². The van der Waals surface area contributed by atoms with Gasteiger partial charge in [-0.2, -0.15) is 0 Å². The Morgan fingerprint density at radius 2 is 1.77 bits per heavy atom. The van der Waals surface area contributed by atoms with Gasteiger partial charge >= 0.3 is 5.91 Å². The van der Waals surface area contributed by atoms with Crippen molar-refractivity contribution in [3.8, 4) is 0 Å². The Morgan fingerprint density at radius 3 is 2.38 bits per heavy atom. The summed E-state index contributed by atoms with van der Waals surface area (Å²) >= 11 is 0. The molecule has 16 nitrogen and oxygen atoms in total. The Hall–Kier alpha value is -0.930. The molecule has 15 atom stereocenters. The van der Waals surface area contributed by atoms with E-state index < -0.39 is 96.1 Å². The lowest BCUT2D eigenvalue weighted by Gasteiger charge is -2.44. The van der Waals surface area contributed by atoms with E-state index in [2.05, 4.69) is 0 Å². The van der Waals surface area contributed by atoms with Crippen molar-refractivity contribution in [1.82, 2.24) is 0 Å². The van der Waals surface area contributed by atoms with Gasteiger partial charge in [-0.05, 0) is 25.8 Å². The molecule has 4 fully saturated rings. The Labute approximate surface area is 226 Å². The summed E-state index contributed by atoms with van der Waals surface area (Å²) in [5.41, 5.74) is 28.1. The smallest absolute Gasteiger partial charge is 0.345 e. The number of hydrogen-bond acceptors (Lipinski definition) is 15. The van der Waals surface area contributed by atoms with Gasteiger partial charge in [0.25, 0.3) is 5.72 Å². The van der Waals surface area contributed by atoms with E-state index in [4.69, 9.17) is 47.6 Å². The summed E-state index contributed by atoms with van der Waals surface area (Å²) in [7, 11) is 1.48. The Bertz CT molecular complexity index is 875. The Morgan fingerprint density at radius 1 is 1.08 bits per heavy atom. The van der Waals surface area contributed by atoms with Crippen LogP contribution in [0.4, 0.5) is 0 Å². The van der Waals surface area contributed by atoms with Crippen LogP contribution in [0.15, 0.2) is 0 Å². The van der Waals surface area contributed by atoms with Gasteiger partial charge in [0.2, 0.25) is 0 Å². The van der Waals surface area contributed by atoms with Gasteiger partial charge in [-0.1, -0.05) is 0 Å². The van der Waals surface area contributed by atoms with Crippen LogP contribution in [0.2, 0.25) is 0 Å². The standard InChI is InChI=1S/C23H45N6O10/c1-29(20(35)12(31)4-5-24)14-6-11(27)18(38-21-10(26)3-2-9(7-25)36-21)19(34)23(14,29)39-22-17(33)15(28)16(32)13(8-30)37-22/h9-19,21-22,30-34H,2-8,24-28H2,1H3/q+1/t9?,10?,11?,12-,13?,14?,15?,16?,17?,18?,19?,21?,22?,23+,29?/m0/s1. The first-order valence-electron chi connectivity index (χ1n) is 13.4. The number of hydrogen-bond donors (Lipinski definition) is 10. The fraction of sp³-hybridized carbons (Fsp3) is 0.957. The van der Waals surface area contributed by atoms with Crippen molar-refractivity contribution in [1.29, 1.82) is 0 Å². The molecule has 13 unspecified atom stereocenters. The molecule has 0 aromatic rings. The van der Waals surface area contributed by atoms with Crippen LogP contribution in [0.5, 0.6) is 0 Å². The van der Waals surface area contributed by atoms with Crippen LogP contribution < -0.4 is 28.7 Å². The fourth-order valence-corrected chi connectivity index (χ4v) is 6.42. The van der Waals surface area contributed by atoms with Gasteiger partial charge in [0.1, 0.15) is 24.4 Å². The molecule has 3 heterocycles. The van der Waals surface area contributed by atoms with Crippen LogP contribution in [0.25, 0.3) is 0 Å². The first-order chi connectivity index (χ1) is 18.4. The lowest BCUT2D eigenvalue weighted by Crippen LogP contribution is -2.67. The molecule has 39 heavy (non-hydrogen) atoms. The minimum Gasteiger partial charge on any atom is -0.394 e. The van der Waals surface area contributed by atoms with Gasteiger partial charge in [-0.3, -0.25) is 4.74 Å². The van der Waals surface area contributed by atoms with Crippen molar-refractivity contribution < 1.29 is 53.8 Å². The molecular formula is C23H45N6O10+. The largest absolute Gasteiger partial charge is 0.394 e. The molecule has 1 saturated carbocycles. The molecule has 0 aromatic carbocycles. The van der Waals surface area contributed by atoms with Gasteiger partial charge < -0.3 is 68.4 Å². The third-order valence-corrected chi connectivity index (χ3v) is 8.89. The summed E-state index contributed by atoms with van der Waals surface area (Å²) in [4.78, 5) is 13.6. The fourth-order valence-electron chi connectivity index (χ4n) is 6.42. The summed E-state index contributed by atoms with van der Waals surface area (Å²) < 4.78 is 23.2. The van der Waals surface area contributed by atoms with Crippen LogP contribution in [-0.4, -0.2) is 148 Å². The number of aliphatic hydroxyl groups is 5. The van der Waals surface area contributed by atoms with Crippen molar-refractivity contribution in [2.75, 3.05) is 26.7 Å². The minimum atomic E-state index is -1.80.